The Morgan fingerprint density at radius 2 is 2.05 bits per heavy atom. The van der Waals surface area contributed by atoms with Crippen molar-refractivity contribution in [2.75, 3.05) is 0 Å². The zero-order chi connectivity index (χ0) is 14.5. The van der Waals surface area contributed by atoms with Crippen molar-refractivity contribution in [1.82, 2.24) is 5.43 Å². The Kier molecular flexibility index (Phi) is 4.42. The molecular formula is C15H18N2O3. The van der Waals surface area contributed by atoms with E-state index in [1.807, 2.05) is 29.7 Å². The molecule has 1 heterocycles. The first kappa shape index (κ1) is 14.1. The topological polar surface area (TPSA) is 77.5 Å². The molecule has 0 aliphatic rings. The van der Waals surface area contributed by atoms with Gasteiger partial charge in [0.1, 0.15) is 18.1 Å². The molecule has 0 saturated carbocycles. The Balaban J connectivity index is 2.02. The van der Waals surface area contributed by atoms with Crippen molar-refractivity contribution in [1.29, 1.82) is 0 Å². The molecule has 3 N–H and O–H groups in total. The van der Waals surface area contributed by atoms with Gasteiger partial charge in [0.05, 0.1) is 0 Å². The smallest absolute Gasteiger partial charge is 0.300 e. The number of nitrogens with two attached hydrogens (primary N) is 1. The number of amides is 1. The van der Waals surface area contributed by atoms with E-state index in [4.69, 9.17) is 15.0 Å². The van der Waals surface area contributed by atoms with Crippen LogP contribution in [0, 0.1) is 6.92 Å². The summed E-state index contributed by atoms with van der Waals surface area (Å²) in [5.41, 5.74) is 4.12. The molecule has 0 spiro atoms. The third kappa shape index (κ3) is 3.19. The summed E-state index contributed by atoms with van der Waals surface area (Å²) in [6.45, 7) is 4.24. The lowest BCUT2D eigenvalue weighted by Gasteiger charge is -2.05. The quantitative estimate of drug-likeness (QED) is 0.498. The number of carbonyl (C=O) groups is 1. The van der Waals surface area contributed by atoms with Gasteiger partial charge in [-0.3, -0.25) is 10.2 Å². The number of furan rings is 1. The SMILES string of the molecule is CCc1ccc(OCc2cc(C(=O)NN)oc2C)cc1. The summed E-state index contributed by atoms with van der Waals surface area (Å²) in [5.74, 6) is 6.23. The summed E-state index contributed by atoms with van der Waals surface area (Å²) in [6, 6.07) is 9.57. The first-order valence-corrected chi connectivity index (χ1v) is 6.46. The van der Waals surface area contributed by atoms with Gasteiger partial charge in [0.2, 0.25) is 0 Å². The molecule has 5 heteroatoms. The van der Waals surface area contributed by atoms with E-state index in [1.165, 1.54) is 5.56 Å². The van der Waals surface area contributed by atoms with Gasteiger partial charge in [0, 0.05) is 5.56 Å². The molecule has 106 valence electrons. The molecule has 2 aromatic rings. The van der Waals surface area contributed by atoms with Crippen LogP contribution < -0.4 is 16.0 Å². The molecule has 2 rings (SSSR count). The van der Waals surface area contributed by atoms with E-state index in [2.05, 4.69) is 6.92 Å². The van der Waals surface area contributed by atoms with Crippen molar-refractivity contribution < 1.29 is 13.9 Å². The third-order valence-electron chi connectivity index (χ3n) is 3.10. The molecule has 0 bridgehead atoms. The highest BCUT2D eigenvalue weighted by Gasteiger charge is 2.13. The van der Waals surface area contributed by atoms with Gasteiger partial charge in [-0.1, -0.05) is 19.1 Å². The fourth-order valence-corrected chi connectivity index (χ4v) is 1.83. The second kappa shape index (κ2) is 6.25. The van der Waals surface area contributed by atoms with Crippen molar-refractivity contribution in [2.45, 2.75) is 26.9 Å². The first-order valence-electron chi connectivity index (χ1n) is 6.46. The second-order valence-corrected chi connectivity index (χ2v) is 4.45. The number of ether oxygens (including phenoxy) is 1. The average molecular weight is 274 g/mol. The Hall–Kier alpha value is -2.27. The van der Waals surface area contributed by atoms with E-state index in [1.54, 1.807) is 13.0 Å². The van der Waals surface area contributed by atoms with E-state index in [9.17, 15) is 4.79 Å². The maximum Gasteiger partial charge on any atom is 0.300 e. The zero-order valence-electron chi connectivity index (χ0n) is 11.6. The minimum atomic E-state index is -0.452. The molecule has 0 radical (unpaired) electrons. The highest BCUT2D eigenvalue weighted by atomic mass is 16.5. The summed E-state index contributed by atoms with van der Waals surface area (Å²) < 4.78 is 11.0. The molecule has 0 unspecified atom stereocenters. The summed E-state index contributed by atoms with van der Waals surface area (Å²) in [6.07, 6.45) is 0.999. The van der Waals surface area contributed by atoms with Gasteiger partial charge in [-0.15, -0.1) is 0 Å². The van der Waals surface area contributed by atoms with Crippen LogP contribution in [0.3, 0.4) is 0 Å². The highest BCUT2D eigenvalue weighted by molar-refractivity contribution is 5.91. The molecule has 1 aromatic heterocycles. The fourth-order valence-electron chi connectivity index (χ4n) is 1.83. The Morgan fingerprint density at radius 3 is 2.65 bits per heavy atom. The van der Waals surface area contributed by atoms with Gasteiger partial charge < -0.3 is 9.15 Å². The number of hydrogen-bond acceptors (Lipinski definition) is 4. The van der Waals surface area contributed by atoms with Crippen LogP contribution >= 0.6 is 0 Å². The van der Waals surface area contributed by atoms with Crippen LogP contribution in [0.4, 0.5) is 0 Å². The first-order chi connectivity index (χ1) is 9.63. The van der Waals surface area contributed by atoms with Crippen molar-refractivity contribution in [3.05, 3.63) is 53.0 Å². The van der Waals surface area contributed by atoms with Gasteiger partial charge in [0.15, 0.2) is 5.76 Å². The lowest BCUT2D eigenvalue weighted by atomic mass is 10.2. The third-order valence-corrected chi connectivity index (χ3v) is 3.10. The number of carbonyl (C=O) groups excluding carboxylic acids is 1. The van der Waals surface area contributed by atoms with Gasteiger partial charge in [-0.2, -0.15) is 0 Å². The molecule has 0 aliphatic heterocycles. The fraction of sp³-hybridized carbons (Fsp3) is 0.267. The average Bonchev–Trinajstić information content (AvgIpc) is 2.86. The van der Waals surface area contributed by atoms with E-state index >= 15 is 0 Å². The van der Waals surface area contributed by atoms with Crippen LogP contribution in [-0.2, 0) is 13.0 Å². The van der Waals surface area contributed by atoms with Gasteiger partial charge in [0.25, 0.3) is 0 Å². The summed E-state index contributed by atoms with van der Waals surface area (Å²) >= 11 is 0. The van der Waals surface area contributed by atoms with E-state index in [0.717, 1.165) is 17.7 Å². The lowest BCUT2D eigenvalue weighted by Crippen LogP contribution is -2.29. The van der Waals surface area contributed by atoms with Crippen molar-refractivity contribution in [2.24, 2.45) is 5.84 Å². The molecule has 0 aliphatic carbocycles. The van der Waals surface area contributed by atoms with E-state index < -0.39 is 5.91 Å². The van der Waals surface area contributed by atoms with Crippen LogP contribution in [0.15, 0.2) is 34.7 Å². The van der Waals surface area contributed by atoms with Crippen LogP contribution in [0.1, 0.15) is 34.4 Å². The predicted molar refractivity (Wildman–Crippen MR) is 75.3 cm³/mol. The largest absolute Gasteiger partial charge is 0.489 e. The maximum atomic E-state index is 11.4. The number of hydrogen-bond donors (Lipinski definition) is 2. The van der Waals surface area contributed by atoms with Gasteiger partial charge in [-0.25, -0.2) is 5.84 Å². The number of nitrogens with one attached hydrogen (secondary N) is 1. The zero-order valence-corrected chi connectivity index (χ0v) is 11.6. The standard InChI is InChI=1S/C15H18N2O3/c1-3-11-4-6-13(7-5-11)19-9-12-8-14(15(18)17-16)20-10(12)2/h4-8H,3,9,16H2,1-2H3,(H,17,18). The minimum Gasteiger partial charge on any atom is -0.489 e. The molecule has 20 heavy (non-hydrogen) atoms. The number of benzene rings is 1. The van der Waals surface area contributed by atoms with Crippen LogP contribution in [-0.4, -0.2) is 5.91 Å². The Bertz CT molecular complexity index is 588. The molecule has 0 fully saturated rings. The molecule has 5 nitrogen and oxygen atoms in total. The summed E-state index contributed by atoms with van der Waals surface area (Å²) in [5, 5.41) is 0. The molecule has 1 aromatic carbocycles. The lowest BCUT2D eigenvalue weighted by molar-refractivity contribution is 0.0924. The van der Waals surface area contributed by atoms with E-state index in [0.29, 0.717) is 12.4 Å². The predicted octanol–water partition coefficient (Wildman–Crippen LogP) is 2.33. The second-order valence-electron chi connectivity index (χ2n) is 4.45. The van der Waals surface area contributed by atoms with Crippen LogP contribution in [0.25, 0.3) is 0 Å². The minimum absolute atomic E-state index is 0.185. The van der Waals surface area contributed by atoms with Crippen LogP contribution in [0.5, 0.6) is 5.75 Å². The molecular weight excluding hydrogens is 256 g/mol. The van der Waals surface area contributed by atoms with Gasteiger partial charge >= 0.3 is 5.91 Å². The Labute approximate surface area is 117 Å². The number of nitrogen functional groups attached to an aromatic ring is 1. The normalized spacial score (nSPS) is 10.3. The maximum absolute atomic E-state index is 11.4. The Morgan fingerprint density at radius 1 is 1.35 bits per heavy atom. The molecule has 0 atom stereocenters. The van der Waals surface area contributed by atoms with Gasteiger partial charge in [-0.05, 0) is 37.1 Å². The molecule has 1 amide bonds. The van der Waals surface area contributed by atoms with Crippen LogP contribution in [0.2, 0.25) is 0 Å². The van der Waals surface area contributed by atoms with Crippen molar-refractivity contribution in [3.8, 4) is 5.75 Å². The van der Waals surface area contributed by atoms with Crippen molar-refractivity contribution in [3.63, 3.8) is 0 Å². The van der Waals surface area contributed by atoms with E-state index in [-0.39, 0.29) is 5.76 Å². The number of rotatable bonds is 5. The molecule has 0 saturated heterocycles. The summed E-state index contributed by atoms with van der Waals surface area (Å²) in [4.78, 5) is 11.4. The number of hydrazine groups is 1. The summed E-state index contributed by atoms with van der Waals surface area (Å²) in [7, 11) is 0. The number of aryl methyl sites for hydroxylation is 2. The monoisotopic (exact) mass is 274 g/mol. The van der Waals surface area contributed by atoms with Crippen molar-refractivity contribution >= 4 is 5.91 Å². The highest BCUT2D eigenvalue weighted by Crippen LogP contribution is 2.18.